The zero-order valence-electron chi connectivity index (χ0n) is 22.0. The Kier molecular flexibility index (Phi) is 22.7. The number of phosphoric acid groups is 1. The molecule has 0 rings (SSSR count). The highest BCUT2D eigenvalue weighted by molar-refractivity contribution is 7.47. The molecule has 0 heterocycles. The average Bonchev–Trinajstić information content (AvgIpc) is 2.82. The van der Waals surface area contributed by atoms with E-state index in [-0.39, 0.29) is 26.2 Å². The molecule has 0 saturated heterocycles. The lowest BCUT2D eigenvalue weighted by Crippen LogP contribution is -2.29. The molecule has 2 atom stereocenters. The van der Waals surface area contributed by atoms with Gasteiger partial charge in [0, 0.05) is 19.9 Å². The van der Waals surface area contributed by atoms with Crippen LogP contribution < -0.4 is 5.73 Å². The SMILES string of the molecule is CCCCCCCCCCCCCCCCCC(=O)O[C@H](COC(C)=O)COP(=O)(O)OCCN. The van der Waals surface area contributed by atoms with Crippen molar-refractivity contribution in [3.63, 3.8) is 0 Å². The van der Waals surface area contributed by atoms with E-state index in [2.05, 4.69) is 11.4 Å². The molecular formula is C25H50NO8P. The highest BCUT2D eigenvalue weighted by atomic mass is 31.2. The highest BCUT2D eigenvalue weighted by Gasteiger charge is 2.25. The van der Waals surface area contributed by atoms with E-state index in [0.717, 1.165) is 12.8 Å². The number of nitrogens with two attached hydrogens (primary N) is 1. The average molecular weight is 524 g/mol. The van der Waals surface area contributed by atoms with Gasteiger partial charge in [-0.1, -0.05) is 96.8 Å². The molecule has 0 bridgehead atoms. The summed E-state index contributed by atoms with van der Waals surface area (Å²) >= 11 is 0. The van der Waals surface area contributed by atoms with Crippen molar-refractivity contribution in [1.29, 1.82) is 0 Å². The van der Waals surface area contributed by atoms with E-state index < -0.39 is 32.5 Å². The second-order valence-corrected chi connectivity index (χ2v) is 10.5. The summed E-state index contributed by atoms with van der Waals surface area (Å²) in [7, 11) is -4.32. The molecule has 0 aromatic rings. The van der Waals surface area contributed by atoms with Crippen LogP contribution in [0, 0.1) is 0 Å². The second kappa shape index (κ2) is 23.4. The van der Waals surface area contributed by atoms with Crippen LogP contribution in [0.1, 0.15) is 117 Å². The fraction of sp³-hybridized carbons (Fsp3) is 0.920. The molecule has 0 saturated carbocycles. The van der Waals surface area contributed by atoms with Gasteiger partial charge in [-0.25, -0.2) is 4.57 Å². The molecule has 0 amide bonds. The van der Waals surface area contributed by atoms with Gasteiger partial charge in [0.2, 0.25) is 0 Å². The van der Waals surface area contributed by atoms with Gasteiger partial charge in [0.05, 0.1) is 13.2 Å². The monoisotopic (exact) mass is 523 g/mol. The smallest absolute Gasteiger partial charge is 0.462 e. The van der Waals surface area contributed by atoms with Crippen LogP contribution in [-0.2, 0) is 32.7 Å². The molecule has 9 nitrogen and oxygen atoms in total. The number of unbranched alkanes of at least 4 members (excludes halogenated alkanes) is 14. The maximum absolute atomic E-state index is 12.1. The Balaban J connectivity index is 3.85. The van der Waals surface area contributed by atoms with Crippen molar-refractivity contribution in [3.05, 3.63) is 0 Å². The van der Waals surface area contributed by atoms with Crippen LogP contribution in [0.5, 0.6) is 0 Å². The number of ether oxygens (including phenoxy) is 2. The minimum atomic E-state index is -4.32. The Bertz CT molecular complexity index is 576. The number of esters is 2. The number of carbonyl (C=O) groups excluding carboxylic acids is 2. The van der Waals surface area contributed by atoms with E-state index >= 15 is 0 Å². The normalized spacial score (nSPS) is 13.8. The van der Waals surface area contributed by atoms with Gasteiger partial charge < -0.3 is 20.1 Å². The summed E-state index contributed by atoms with van der Waals surface area (Å²) in [5.74, 6) is -1.02. The molecule has 0 aliphatic carbocycles. The van der Waals surface area contributed by atoms with Crippen molar-refractivity contribution in [3.8, 4) is 0 Å². The first-order chi connectivity index (χ1) is 16.8. The van der Waals surface area contributed by atoms with Gasteiger partial charge in [-0.3, -0.25) is 18.6 Å². The first-order valence-electron chi connectivity index (χ1n) is 13.5. The molecule has 3 N–H and O–H groups in total. The molecule has 208 valence electrons. The standard InChI is InChI=1S/C25H50NO8P/c1-3-4-5-6-7-8-9-10-11-12-13-14-15-16-17-18-25(28)34-24(21-31-23(2)27)22-33-35(29,30)32-20-19-26/h24H,3-22,26H2,1-2H3,(H,29,30)/t24-/m1/s1. The van der Waals surface area contributed by atoms with Crippen molar-refractivity contribution >= 4 is 19.8 Å². The molecule has 0 fully saturated rings. The fourth-order valence-corrected chi connectivity index (χ4v) is 4.36. The minimum Gasteiger partial charge on any atom is -0.462 e. The molecule has 0 aromatic heterocycles. The molecule has 1 unspecified atom stereocenters. The summed E-state index contributed by atoms with van der Waals surface area (Å²) < 4.78 is 31.3. The fourth-order valence-electron chi connectivity index (χ4n) is 3.59. The molecule has 0 aromatic carbocycles. The van der Waals surface area contributed by atoms with Crippen LogP contribution in [0.3, 0.4) is 0 Å². The number of carbonyl (C=O) groups is 2. The lowest BCUT2D eigenvalue weighted by Gasteiger charge is -2.19. The van der Waals surface area contributed by atoms with Crippen LogP contribution in [-0.4, -0.2) is 49.3 Å². The summed E-state index contributed by atoms with van der Waals surface area (Å²) in [6, 6.07) is 0. The van der Waals surface area contributed by atoms with Gasteiger partial charge in [0.1, 0.15) is 6.61 Å². The van der Waals surface area contributed by atoms with Crippen LogP contribution in [0.15, 0.2) is 0 Å². The maximum atomic E-state index is 12.1. The van der Waals surface area contributed by atoms with Crippen molar-refractivity contribution in [2.75, 3.05) is 26.4 Å². The van der Waals surface area contributed by atoms with Gasteiger partial charge in [0.25, 0.3) is 0 Å². The third-order valence-electron chi connectivity index (χ3n) is 5.55. The van der Waals surface area contributed by atoms with E-state index in [4.69, 9.17) is 19.7 Å². The lowest BCUT2D eigenvalue weighted by atomic mass is 10.0. The zero-order valence-corrected chi connectivity index (χ0v) is 22.9. The van der Waals surface area contributed by atoms with E-state index in [1.165, 1.54) is 84.0 Å². The van der Waals surface area contributed by atoms with Crippen LogP contribution in [0.25, 0.3) is 0 Å². The summed E-state index contributed by atoms with van der Waals surface area (Å²) in [5.41, 5.74) is 5.23. The molecule has 0 aliphatic rings. The third kappa shape index (κ3) is 24.5. The predicted molar refractivity (Wildman–Crippen MR) is 137 cm³/mol. The van der Waals surface area contributed by atoms with Crippen molar-refractivity contribution in [2.24, 2.45) is 5.73 Å². The van der Waals surface area contributed by atoms with Crippen LogP contribution >= 0.6 is 7.82 Å². The minimum absolute atomic E-state index is 0.0546. The quantitative estimate of drug-likeness (QED) is 0.0862. The van der Waals surface area contributed by atoms with E-state index in [1.807, 2.05) is 0 Å². The topological polar surface area (TPSA) is 134 Å². The van der Waals surface area contributed by atoms with Gasteiger partial charge in [0.15, 0.2) is 6.10 Å². The van der Waals surface area contributed by atoms with E-state index in [9.17, 15) is 19.0 Å². The first kappa shape index (κ1) is 34.0. The lowest BCUT2D eigenvalue weighted by molar-refractivity contribution is -0.160. The Morgan fingerprint density at radius 3 is 1.74 bits per heavy atom. The molecule has 0 spiro atoms. The van der Waals surface area contributed by atoms with Gasteiger partial charge in [-0.05, 0) is 6.42 Å². The van der Waals surface area contributed by atoms with E-state index in [0.29, 0.717) is 6.42 Å². The molecule has 10 heteroatoms. The Hall–Kier alpha value is -0.990. The highest BCUT2D eigenvalue weighted by Crippen LogP contribution is 2.43. The molecule has 35 heavy (non-hydrogen) atoms. The third-order valence-corrected chi connectivity index (χ3v) is 6.54. The second-order valence-electron chi connectivity index (χ2n) is 9.00. The van der Waals surface area contributed by atoms with Crippen LogP contribution in [0.2, 0.25) is 0 Å². The summed E-state index contributed by atoms with van der Waals surface area (Å²) in [5, 5.41) is 0. The number of hydrogen-bond acceptors (Lipinski definition) is 8. The zero-order chi connectivity index (χ0) is 26.2. The van der Waals surface area contributed by atoms with Gasteiger partial charge in [-0.2, -0.15) is 0 Å². The van der Waals surface area contributed by atoms with Crippen molar-refractivity contribution < 1.29 is 37.6 Å². The Morgan fingerprint density at radius 2 is 1.29 bits per heavy atom. The van der Waals surface area contributed by atoms with E-state index in [1.54, 1.807) is 0 Å². The van der Waals surface area contributed by atoms with Gasteiger partial charge in [-0.15, -0.1) is 0 Å². The van der Waals surface area contributed by atoms with Gasteiger partial charge >= 0.3 is 19.8 Å². The summed E-state index contributed by atoms with van der Waals surface area (Å²) in [6.45, 7) is 2.67. The predicted octanol–water partition coefficient (Wildman–Crippen LogP) is 5.82. The largest absolute Gasteiger partial charge is 0.472 e. The molecule has 0 aliphatic heterocycles. The van der Waals surface area contributed by atoms with Crippen molar-refractivity contribution in [1.82, 2.24) is 0 Å². The first-order valence-corrected chi connectivity index (χ1v) is 14.9. The summed E-state index contributed by atoms with van der Waals surface area (Å²) in [6.07, 6.45) is 17.8. The van der Waals surface area contributed by atoms with Crippen molar-refractivity contribution in [2.45, 2.75) is 123 Å². The Morgan fingerprint density at radius 1 is 0.800 bits per heavy atom. The maximum Gasteiger partial charge on any atom is 0.472 e. The molecule has 0 radical (unpaired) electrons. The number of phosphoric ester groups is 1. The number of hydrogen-bond donors (Lipinski definition) is 2. The summed E-state index contributed by atoms with van der Waals surface area (Å²) in [4.78, 5) is 32.8. The van der Waals surface area contributed by atoms with Crippen LogP contribution in [0.4, 0.5) is 0 Å². The number of rotatable bonds is 25. The Labute approximate surface area is 212 Å². The molecular weight excluding hydrogens is 473 g/mol.